The molecule has 0 spiro atoms. The van der Waals surface area contributed by atoms with E-state index in [1.54, 1.807) is 70.4 Å². The van der Waals surface area contributed by atoms with Crippen LogP contribution in [0.2, 0.25) is 0 Å². The van der Waals surface area contributed by atoms with E-state index in [0.29, 0.717) is 23.1 Å². The lowest BCUT2D eigenvalue weighted by molar-refractivity contribution is -0.134. The third kappa shape index (κ3) is 4.63. The molecule has 1 heterocycles. The molecule has 1 aliphatic carbocycles. The minimum Gasteiger partial charge on any atom is -0.466 e. The van der Waals surface area contributed by atoms with Crippen molar-refractivity contribution in [3.8, 4) is 0 Å². The van der Waals surface area contributed by atoms with Crippen LogP contribution in [0.15, 0.2) is 59.6 Å². The number of rotatable bonds is 4. The third-order valence-corrected chi connectivity index (χ3v) is 7.85. The average molecular weight is 511 g/mol. The summed E-state index contributed by atoms with van der Waals surface area (Å²) in [6.07, 6.45) is 2.71. The first kappa shape index (κ1) is 25.5. The first-order valence-electron chi connectivity index (χ1n) is 11.5. The lowest BCUT2D eigenvalue weighted by atomic mass is 9.84. The second-order valence-electron chi connectivity index (χ2n) is 9.90. The molecule has 0 unspecified atom stereocenters. The normalized spacial score (nSPS) is 16.7. The van der Waals surface area contributed by atoms with Gasteiger partial charge in [-0.15, -0.1) is 0 Å². The topological polar surface area (TPSA) is 94.9 Å². The minimum atomic E-state index is -3.88. The van der Waals surface area contributed by atoms with Crippen molar-refractivity contribution in [2.45, 2.75) is 50.7 Å². The molecule has 0 bridgehead atoms. The summed E-state index contributed by atoms with van der Waals surface area (Å²) in [6.45, 7) is 7.23. The van der Waals surface area contributed by atoms with Crippen molar-refractivity contribution in [3.05, 3.63) is 71.4 Å². The number of carbonyl (C=O) groups excluding carboxylic acids is 2. The summed E-state index contributed by atoms with van der Waals surface area (Å²) < 4.78 is 38.9. The van der Waals surface area contributed by atoms with Crippen molar-refractivity contribution in [1.82, 2.24) is 8.87 Å². The molecule has 9 heteroatoms. The van der Waals surface area contributed by atoms with Gasteiger partial charge in [-0.2, -0.15) is 0 Å². The first-order chi connectivity index (χ1) is 16.8. The van der Waals surface area contributed by atoms with E-state index in [2.05, 4.69) is 0 Å². The predicted octanol–water partition coefficient (Wildman–Crippen LogP) is 4.53. The summed E-state index contributed by atoms with van der Waals surface area (Å²) in [5, 5.41) is 0.720. The van der Waals surface area contributed by atoms with Crippen molar-refractivity contribution in [3.63, 3.8) is 0 Å². The van der Waals surface area contributed by atoms with E-state index >= 15 is 0 Å². The number of aromatic nitrogens is 1. The number of amides is 1. The maximum atomic E-state index is 13.6. The SMILES string of the molecule is COC(=O)/C=C1/c2cccc3c2c(cn3S(=O)(=O)c2ccc(C)cc2)C[C@H]1N(C)C(=O)OC(C)(C)C. The molecule has 36 heavy (non-hydrogen) atoms. The first-order valence-corrected chi connectivity index (χ1v) is 13.0. The largest absolute Gasteiger partial charge is 0.466 e. The Morgan fingerprint density at radius 2 is 1.78 bits per heavy atom. The number of hydrogen-bond acceptors (Lipinski definition) is 6. The highest BCUT2D eigenvalue weighted by atomic mass is 32.2. The molecule has 0 aliphatic heterocycles. The molecule has 4 rings (SSSR count). The molecule has 2 aromatic carbocycles. The van der Waals surface area contributed by atoms with Gasteiger partial charge in [0, 0.05) is 24.7 Å². The van der Waals surface area contributed by atoms with Crippen LogP contribution in [0.4, 0.5) is 4.79 Å². The maximum absolute atomic E-state index is 13.6. The number of benzene rings is 2. The lowest BCUT2D eigenvalue weighted by Crippen LogP contribution is -2.43. The predicted molar refractivity (Wildman–Crippen MR) is 137 cm³/mol. The van der Waals surface area contributed by atoms with Crippen LogP contribution < -0.4 is 0 Å². The van der Waals surface area contributed by atoms with Crippen molar-refractivity contribution in [2.75, 3.05) is 14.2 Å². The van der Waals surface area contributed by atoms with Crippen molar-refractivity contribution >= 4 is 38.6 Å². The van der Waals surface area contributed by atoms with Crippen LogP contribution in [-0.4, -0.2) is 55.2 Å². The molecular weight excluding hydrogens is 480 g/mol. The van der Waals surface area contributed by atoms with Gasteiger partial charge >= 0.3 is 12.1 Å². The molecule has 0 N–H and O–H groups in total. The molecule has 0 radical (unpaired) electrons. The summed E-state index contributed by atoms with van der Waals surface area (Å²) in [5.74, 6) is -0.570. The summed E-state index contributed by atoms with van der Waals surface area (Å²) in [7, 11) is -0.994. The maximum Gasteiger partial charge on any atom is 0.410 e. The van der Waals surface area contributed by atoms with Gasteiger partial charge in [0.1, 0.15) is 5.60 Å². The molecular formula is C27H30N2O6S. The van der Waals surface area contributed by atoms with E-state index in [1.165, 1.54) is 22.1 Å². The summed E-state index contributed by atoms with van der Waals surface area (Å²) in [6, 6.07) is 11.4. The quantitative estimate of drug-likeness (QED) is 0.378. The van der Waals surface area contributed by atoms with Gasteiger partial charge in [-0.3, -0.25) is 0 Å². The summed E-state index contributed by atoms with van der Waals surface area (Å²) in [5.41, 5.74) is 2.72. The van der Waals surface area contributed by atoms with E-state index in [0.717, 1.165) is 16.5 Å². The highest BCUT2D eigenvalue weighted by molar-refractivity contribution is 7.90. The number of aryl methyl sites for hydroxylation is 1. The van der Waals surface area contributed by atoms with E-state index < -0.39 is 33.7 Å². The third-order valence-electron chi connectivity index (χ3n) is 6.16. The number of nitrogens with zero attached hydrogens (tertiary/aromatic N) is 2. The lowest BCUT2D eigenvalue weighted by Gasteiger charge is -2.34. The van der Waals surface area contributed by atoms with Crippen molar-refractivity contribution < 1.29 is 27.5 Å². The number of likely N-dealkylation sites (N-methyl/N-ethyl adjacent to an activating group) is 1. The van der Waals surface area contributed by atoms with Crippen LogP contribution in [0.25, 0.3) is 16.5 Å². The second-order valence-corrected chi connectivity index (χ2v) is 11.7. The Labute approximate surface area is 211 Å². The molecule has 0 fully saturated rings. The van der Waals surface area contributed by atoms with Crippen LogP contribution in [-0.2, 0) is 30.7 Å². The number of methoxy groups -OCH3 is 1. The molecule has 1 atom stereocenters. The fraction of sp³-hybridized carbons (Fsp3) is 0.333. The molecule has 8 nitrogen and oxygen atoms in total. The van der Waals surface area contributed by atoms with Gasteiger partial charge in [0.05, 0.1) is 23.6 Å². The molecule has 1 aliphatic rings. The number of carbonyl (C=O) groups is 2. The second kappa shape index (κ2) is 9.13. The van der Waals surface area contributed by atoms with Crippen molar-refractivity contribution in [1.29, 1.82) is 0 Å². The van der Waals surface area contributed by atoms with Gasteiger partial charge in [-0.25, -0.2) is 22.0 Å². The Hall–Kier alpha value is -3.59. The highest BCUT2D eigenvalue weighted by Gasteiger charge is 2.35. The number of hydrogen-bond donors (Lipinski definition) is 0. The standard InChI is InChI=1S/C27H30N2O6S/c1-17-10-12-19(13-11-17)36(32,33)29-16-18-14-23(28(5)26(31)35-27(2,3)4)21(15-24(30)34-6)20-8-7-9-22(29)25(18)20/h7-13,15-16,23H,14H2,1-6H3/b21-15-/t23-/m1/s1. The number of ether oxygens (including phenoxy) is 2. The Morgan fingerprint density at radius 1 is 1.11 bits per heavy atom. The molecule has 0 saturated carbocycles. The van der Waals surface area contributed by atoms with Crippen LogP contribution in [0.1, 0.15) is 37.5 Å². The molecule has 3 aromatic rings. The van der Waals surface area contributed by atoms with E-state index in [-0.39, 0.29) is 4.90 Å². The van der Waals surface area contributed by atoms with Gasteiger partial charge in [0.25, 0.3) is 10.0 Å². The van der Waals surface area contributed by atoms with E-state index in [4.69, 9.17) is 9.47 Å². The average Bonchev–Trinajstić information content (AvgIpc) is 3.19. The zero-order valence-corrected chi connectivity index (χ0v) is 22.0. The monoisotopic (exact) mass is 510 g/mol. The Kier molecular flexibility index (Phi) is 6.47. The zero-order chi connectivity index (χ0) is 26.4. The van der Waals surface area contributed by atoms with Crippen LogP contribution in [0, 0.1) is 6.92 Å². The van der Waals surface area contributed by atoms with E-state index in [9.17, 15) is 18.0 Å². The van der Waals surface area contributed by atoms with Gasteiger partial charge in [-0.1, -0.05) is 29.8 Å². The fourth-order valence-electron chi connectivity index (χ4n) is 4.42. The minimum absolute atomic E-state index is 0.175. The Bertz CT molecular complexity index is 1480. The smallest absolute Gasteiger partial charge is 0.410 e. The molecule has 190 valence electrons. The Balaban J connectivity index is 1.89. The van der Waals surface area contributed by atoms with Crippen LogP contribution in [0.3, 0.4) is 0 Å². The zero-order valence-electron chi connectivity index (χ0n) is 21.2. The van der Waals surface area contributed by atoms with Gasteiger partial charge in [0.2, 0.25) is 0 Å². The molecule has 0 saturated heterocycles. The van der Waals surface area contributed by atoms with E-state index in [1.807, 2.05) is 13.0 Å². The van der Waals surface area contributed by atoms with Gasteiger partial charge in [0.15, 0.2) is 0 Å². The molecule has 1 amide bonds. The molecule has 1 aromatic heterocycles. The fourth-order valence-corrected chi connectivity index (χ4v) is 5.80. The van der Waals surface area contributed by atoms with Crippen LogP contribution in [0.5, 0.6) is 0 Å². The van der Waals surface area contributed by atoms with Gasteiger partial charge < -0.3 is 14.4 Å². The van der Waals surface area contributed by atoms with Crippen LogP contribution >= 0.6 is 0 Å². The Morgan fingerprint density at radius 3 is 2.39 bits per heavy atom. The number of esters is 1. The van der Waals surface area contributed by atoms with Crippen molar-refractivity contribution in [2.24, 2.45) is 0 Å². The van der Waals surface area contributed by atoms with Gasteiger partial charge in [-0.05, 0) is 69.0 Å². The summed E-state index contributed by atoms with van der Waals surface area (Å²) >= 11 is 0. The summed E-state index contributed by atoms with van der Waals surface area (Å²) in [4.78, 5) is 26.9. The highest BCUT2D eigenvalue weighted by Crippen LogP contribution is 2.40.